The number of fused-ring (bicyclic) bond motifs is 4. The summed E-state index contributed by atoms with van der Waals surface area (Å²) < 4.78 is 13.1. The van der Waals surface area contributed by atoms with Gasteiger partial charge in [0.25, 0.3) is 0 Å². The van der Waals surface area contributed by atoms with E-state index in [-0.39, 0.29) is 51.9 Å². The summed E-state index contributed by atoms with van der Waals surface area (Å²) in [5.41, 5.74) is -0.891. The van der Waals surface area contributed by atoms with Crippen LogP contribution >= 0.6 is 0 Å². The van der Waals surface area contributed by atoms with Gasteiger partial charge in [0, 0.05) is 17.8 Å². The average molecular weight is 569 g/mol. The second-order valence-electron chi connectivity index (χ2n) is 16.8. The summed E-state index contributed by atoms with van der Waals surface area (Å²) in [7, 11) is 0. The molecule has 1 aliphatic heterocycles. The van der Waals surface area contributed by atoms with Gasteiger partial charge in [0.15, 0.2) is 6.10 Å². The number of aromatic nitrogens is 2. The standard InChI is InChI=1S/C34H52N2O5/c1-19-17-20(27(30(4,5)39)41-28-35-15-8-16-36-28)40-25-24(19)31(6)13-14-34-18-33(34)12-11-23(37)29(2,3)21(33)9-10-22(34)32(31,7)26(25)38/h8,15-16,19-27,37-39H,9-14,17-18H2,1-7H3/t19-,20?,21+,22?,23?,24?,25?,26+,27?,31?,32-,33?,34?/m1/s1. The number of nitrogens with zero attached hydrogens (tertiary/aromatic N) is 2. The van der Waals surface area contributed by atoms with Gasteiger partial charge >= 0.3 is 6.01 Å². The van der Waals surface area contributed by atoms with Crippen LogP contribution in [0.5, 0.6) is 6.01 Å². The molecule has 1 aromatic rings. The summed E-state index contributed by atoms with van der Waals surface area (Å²) in [5.74, 6) is 1.59. The SMILES string of the molecule is C[C@@H]1CC(C(Oc2ncccn2)C(C)(C)O)OC2C1C1(C)CCC34CC35CCC(O)C(C)(C)[C@@H]5CCC4[C@]1(C)[C@H]2O. The highest BCUT2D eigenvalue weighted by Crippen LogP contribution is 2.89. The summed E-state index contributed by atoms with van der Waals surface area (Å²) in [6.07, 6.45) is 9.86. The van der Waals surface area contributed by atoms with Crippen LogP contribution in [0.2, 0.25) is 0 Å². The van der Waals surface area contributed by atoms with E-state index >= 15 is 0 Å². The van der Waals surface area contributed by atoms with Crippen molar-refractivity contribution < 1.29 is 24.8 Å². The van der Waals surface area contributed by atoms with Crippen LogP contribution in [0, 0.1) is 50.7 Å². The molecule has 13 atom stereocenters. The van der Waals surface area contributed by atoms with E-state index < -0.39 is 17.8 Å². The minimum atomic E-state index is -1.18. The number of aliphatic hydroxyl groups is 3. The van der Waals surface area contributed by atoms with Crippen LogP contribution in [-0.2, 0) is 4.74 Å². The van der Waals surface area contributed by atoms with Crippen molar-refractivity contribution in [1.29, 1.82) is 0 Å². The number of rotatable bonds is 4. The van der Waals surface area contributed by atoms with E-state index in [0.29, 0.717) is 23.2 Å². The monoisotopic (exact) mass is 568 g/mol. The number of aliphatic hydroxyl groups excluding tert-OH is 2. The third kappa shape index (κ3) is 3.47. The van der Waals surface area contributed by atoms with Crippen molar-refractivity contribution in [2.75, 3.05) is 0 Å². The fourth-order valence-corrected chi connectivity index (χ4v) is 12.7. The predicted octanol–water partition coefficient (Wildman–Crippen LogP) is 5.17. The number of hydrogen-bond donors (Lipinski definition) is 3. The summed E-state index contributed by atoms with van der Waals surface area (Å²) >= 11 is 0. The first kappa shape index (κ1) is 28.5. The van der Waals surface area contributed by atoms with Gasteiger partial charge in [0.1, 0.15) is 0 Å². The Morgan fingerprint density at radius 3 is 2.32 bits per heavy atom. The molecule has 1 saturated heterocycles. The maximum absolute atomic E-state index is 12.5. The molecular formula is C34H52N2O5. The van der Waals surface area contributed by atoms with Gasteiger partial charge in [-0.1, -0.05) is 34.6 Å². The lowest BCUT2D eigenvalue weighted by Crippen LogP contribution is -2.59. The first-order valence-corrected chi connectivity index (χ1v) is 16.3. The second kappa shape index (κ2) is 8.67. The lowest BCUT2D eigenvalue weighted by atomic mass is 9.41. The van der Waals surface area contributed by atoms with Crippen LogP contribution in [0.3, 0.4) is 0 Å². The first-order valence-electron chi connectivity index (χ1n) is 16.3. The molecule has 0 amide bonds. The van der Waals surface area contributed by atoms with E-state index in [4.69, 9.17) is 9.47 Å². The lowest BCUT2D eigenvalue weighted by Gasteiger charge is -2.63. The van der Waals surface area contributed by atoms with E-state index in [0.717, 1.165) is 38.5 Å². The Morgan fingerprint density at radius 1 is 0.976 bits per heavy atom. The van der Waals surface area contributed by atoms with E-state index in [9.17, 15) is 15.3 Å². The Labute approximate surface area is 245 Å². The van der Waals surface area contributed by atoms with Gasteiger partial charge in [0.2, 0.25) is 0 Å². The minimum absolute atomic E-state index is 0.0225. The van der Waals surface area contributed by atoms with E-state index in [1.807, 2.05) is 0 Å². The molecule has 6 aliphatic rings. The molecule has 1 aromatic heterocycles. The molecule has 7 heteroatoms. The third-order valence-corrected chi connectivity index (χ3v) is 14.6. The number of hydrogen-bond acceptors (Lipinski definition) is 7. The normalized spacial score (nSPS) is 52.2. The first-order chi connectivity index (χ1) is 19.1. The van der Waals surface area contributed by atoms with Gasteiger partial charge in [-0.05, 0) is 117 Å². The van der Waals surface area contributed by atoms with Crippen LogP contribution in [0.1, 0.15) is 99.8 Å². The molecule has 7 nitrogen and oxygen atoms in total. The van der Waals surface area contributed by atoms with Crippen molar-refractivity contribution >= 4 is 0 Å². The van der Waals surface area contributed by atoms with Gasteiger partial charge in [-0.15, -0.1) is 0 Å². The maximum atomic E-state index is 12.5. The topological polar surface area (TPSA) is 105 Å². The van der Waals surface area contributed by atoms with E-state index in [1.54, 1.807) is 32.3 Å². The molecule has 0 bridgehead atoms. The van der Waals surface area contributed by atoms with Crippen molar-refractivity contribution in [1.82, 2.24) is 9.97 Å². The molecule has 5 saturated carbocycles. The molecule has 9 unspecified atom stereocenters. The Kier molecular flexibility index (Phi) is 6.02. The van der Waals surface area contributed by atoms with Crippen molar-refractivity contribution in [3.63, 3.8) is 0 Å². The summed E-state index contributed by atoms with van der Waals surface area (Å²) in [6, 6.07) is 1.98. The summed E-state index contributed by atoms with van der Waals surface area (Å²) in [5, 5.41) is 34.7. The van der Waals surface area contributed by atoms with Crippen LogP contribution in [0.15, 0.2) is 18.5 Å². The zero-order valence-corrected chi connectivity index (χ0v) is 26.1. The lowest BCUT2D eigenvalue weighted by molar-refractivity contribution is -0.197. The predicted molar refractivity (Wildman–Crippen MR) is 155 cm³/mol. The fraction of sp³-hybridized carbons (Fsp3) is 0.882. The fourth-order valence-electron chi connectivity index (χ4n) is 12.7. The Morgan fingerprint density at radius 2 is 1.63 bits per heavy atom. The van der Waals surface area contributed by atoms with Crippen LogP contribution in [0.4, 0.5) is 0 Å². The Balaban J connectivity index is 1.21. The molecule has 3 N–H and O–H groups in total. The third-order valence-electron chi connectivity index (χ3n) is 14.6. The zero-order valence-electron chi connectivity index (χ0n) is 26.1. The molecule has 41 heavy (non-hydrogen) atoms. The highest BCUT2D eigenvalue weighted by Gasteiger charge is 2.84. The highest BCUT2D eigenvalue weighted by molar-refractivity contribution is 5.32. The molecule has 2 spiro atoms. The highest BCUT2D eigenvalue weighted by atomic mass is 16.6. The van der Waals surface area contributed by atoms with Crippen LogP contribution < -0.4 is 4.74 Å². The van der Waals surface area contributed by atoms with Crippen molar-refractivity contribution in [2.45, 2.75) is 136 Å². The van der Waals surface area contributed by atoms with Gasteiger partial charge in [-0.3, -0.25) is 0 Å². The molecule has 7 rings (SSSR count). The zero-order chi connectivity index (χ0) is 29.4. The number of ether oxygens (including phenoxy) is 2. The quantitative estimate of drug-likeness (QED) is 0.460. The average Bonchev–Trinajstić information content (AvgIpc) is 3.54. The minimum Gasteiger partial charge on any atom is -0.454 e. The van der Waals surface area contributed by atoms with E-state index in [2.05, 4.69) is 44.6 Å². The summed E-state index contributed by atoms with van der Waals surface area (Å²) in [4.78, 5) is 8.50. The van der Waals surface area contributed by atoms with Gasteiger partial charge in [-0.25, -0.2) is 9.97 Å². The Hall–Kier alpha value is -1.28. The van der Waals surface area contributed by atoms with Gasteiger partial charge in [-0.2, -0.15) is 0 Å². The van der Waals surface area contributed by atoms with Crippen molar-refractivity contribution in [3.8, 4) is 6.01 Å². The van der Waals surface area contributed by atoms with Crippen molar-refractivity contribution in [2.24, 2.45) is 50.7 Å². The van der Waals surface area contributed by atoms with Gasteiger partial charge in [0.05, 0.1) is 30.0 Å². The second-order valence-corrected chi connectivity index (χ2v) is 16.8. The van der Waals surface area contributed by atoms with Gasteiger partial charge < -0.3 is 24.8 Å². The maximum Gasteiger partial charge on any atom is 0.316 e. The Bertz CT molecular complexity index is 1190. The molecule has 228 valence electrons. The summed E-state index contributed by atoms with van der Waals surface area (Å²) in [6.45, 7) is 15.3. The van der Waals surface area contributed by atoms with Crippen molar-refractivity contribution in [3.05, 3.63) is 18.5 Å². The molecule has 6 fully saturated rings. The van der Waals surface area contributed by atoms with Crippen LogP contribution in [0.25, 0.3) is 0 Å². The molecule has 5 aliphatic carbocycles. The van der Waals surface area contributed by atoms with Crippen LogP contribution in [-0.4, -0.2) is 61.4 Å². The molecule has 2 heterocycles. The molecular weight excluding hydrogens is 516 g/mol. The molecule has 0 aromatic carbocycles. The smallest absolute Gasteiger partial charge is 0.316 e. The molecule has 0 radical (unpaired) electrons. The van der Waals surface area contributed by atoms with E-state index in [1.165, 1.54) is 12.8 Å². The largest absolute Gasteiger partial charge is 0.454 e.